The molecule has 3 aromatic rings. The highest BCUT2D eigenvalue weighted by Crippen LogP contribution is 2.14. The summed E-state index contributed by atoms with van der Waals surface area (Å²) in [7, 11) is 0. The van der Waals surface area contributed by atoms with Crippen LogP contribution in [0.25, 0.3) is 17.0 Å². The van der Waals surface area contributed by atoms with Gasteiger partial charge >= 0.3 is 6.09 Å². The summed E-state index contributed by atoms with van der Waals surface area (Å²) in [6.45, 7) is 0.825. The van der Waals surface area contributed by atoms with Crippen molar-refractivity contribution < 1.29 is 9.53 Å². The fourth-order valence-corrected chi connectivity index (χ4v) is 2.32. The van der Waals surface area contributed by atoms with Crippen LogP contribution in [-0.4, -0.2) is 22.8 Å². The average Bonchev–Trinajstić information content (AvgIpc) is 3.08. The minimum Gasteiger partial charge on any atom is -0.445 e. The minimum absolute atomic E-state index is 0.285. The van der Waals surface area contributed by atoms with Gasteiger partial charge in [-0.05, 0) is 29.7 Å². The second kappa shape index (κ2) is 7.97. The van der Waals surface area contributed by atoms with Crippen LogP contribution >= 0.6 is 0 Å². The van der Waals surface area contributed by atoms with E-state index < -0.39 is 6.09 Å². The van der Waals surface area contributed by atoms with Crippen LogP contribution in [0.5, 0.6) is 0 Å². The van der Waals surface area contributed by atoms with E-state index in [-0.39, 0.29) is 6.61 Å². The highest BCUT2D eigenvalue weighted by Gasteiger charge is 2.00. The molecule has 0 saturated heterocycles. The predicted octanol–water partition coefficient (Wildman–Crippen LogP) is 3.89. The molecule has 1 amide bonds. The normalized spacial score (nSPS) is 11.0. The van der Waals surface area contributed by atoms with Crippen LogP contribution in [0.1, 0.15) is 17.5 Å². The van der Waals surface area contributed by atoms with Crippen molar-refractivity contribution >= 4 is 23.1 Å². The van der Waals surface area contributed by atoms with Gasteiger partial charge in [0.15, 0.2) is 0 Å². The van der Waals surface area contributed by atoms with Crippen molar-refractivity contribution in [2.24, 2.45) is 0 Å². The molecule has 2 N–H and O–H groups in total. The number of hydrogen-bond donors (Lipinski definition) is 2. The van der Waals surface area contributed by atoms with Crippen LogP contribution in [0.15, 0.2) is 60.8 Å². The quantitative estimate of drug-likeness (QED) is 0.677. The number of hydrogen-bond acceptors (Lipinski definition) is 3. The van der Waals surface area contributed by atoms with E-state index in [2.05, 4.69) is 21.6 Å². The number of aromatic nitrogens is 2. The SMILES string of the molecule is O=C(NCCC=Cc1ccc2[nH]ncc2c1)OCc1ccccc1. The number of benzene rings is 2. The monoisotopic (exact) mass is 321 g/mol. The number of amides is 1. The smallest absolute Gasteiger partial charge is 0.407 e. The Balaban J connectivity index is 1.37. The maximum atomic E-state index is 11.6. The van der Waals surface area contributed by atoms with Crippen molar-refractivity contribution in [1.29, 1.82) is 0 Å². The number of aromatic amines is 1. The third-order valence-corrected chi connectivity index (χ3v) is 3.57. The lowest BCUT2D eigenvalue weighted by Crippen LogP contribution is -2.24. The number of nitrogens with zero attached hydrogens (tertiary/aromatic N) is 1. The lowest BCUT2D eigenvalue weighted by molar-refractivity contribution is 0.140. The van der Waals surface area contributed by atoms with Crippen molar-refractivity contribution in [2.45, 2.75) is 13.0 Å². The van der Waals surface area contributed by atoms with Crippen molar-refractivity contribution in [1.82, 2.24) is 15.5 Å². The lowest BCUT2D eigenvalue weighted by Gasteiger charge is -2.05. The number of carbonyl (C=O) groups excluding carboxylic acids is 1. The number of fused-ring (bicyclic) bond motifs is 1. The first-order valence-corrected chi connectivity index (χ1v) is 7.85. The highest BCUT2D eigenvalue weighted by molar-refractivity contribution is 5.80. The van der Waals surface area contributed by atoms with Gasteiger partial charge in [-0.2, -0.15) is 5.10 Å². The summed E-state index contributed by atoms with van der Waals surface area (Å²) < 4.78 is 5.15. The molecule has 0 spiro atoms. The molecule has 0 saturated carbocycles. The molecule has 0 radical (unpaired) electrons. The maximum Gasteiger partial charge on any atom is 0.407 e. The van der Waals surface area contributed by atoms with Crippen LogP contribution in [-0.2, 0) is 11.3 Å². The first-order valence-electron chi connectivity index (χ1n) is 7.85. The third-order valence-electron chi connectivity index (χ3n) is 3.57. The zero-order valence-corrected chi connectivity index (χ0v) is 13.2. The van der Waals surface area contributed by atoms with E-state index in [1.807, 2.05) is 54.6 Å². The van der Waals surface area contributed by atoms with Crippen molar-refractivity contribution in [3.05, 3.63) is 71.9 Å². The number of rotatable bonds is 6. The van der Waals surface area contributed by atoms with E-state index in [1.54, 1.807) is 6.20 Å². The molecule has 1 aromatic heterocycles. The van der Waals surface area contributed by atoms with E-state index in [0.29, 0.717) is 6.54 Å². The number of alkyl carbamates (subject to hydrolysis) is 1. The number of nitrogens with one attached hydrogen (secondary N) is 2. The second-order valence-electron chi connectivity index (χ2n) is 5.40. The van der Waals surface area contributed by atoms with E-state index in [0.717, 1.165) is 28.5 Å². The Morgan fingerprint density at radius 3 is 2.96 bits per heavy atom. The minimum atomic E-state index is -0.396. The van der Waals surface area contributed by atoms with Gasteiger partial charge in [-0.15, -0.1) is 0 Å². The number of ether oxygens (including phenoxy) is 1. The average molecular weight is 321 g/mol. The topological polar surface area (TPSA) is 67.0 Å². The largest absolute Gasteiger partial charge is 0.445 e. The van der Waals surface area contributed by atoms with Gasteiger partial charge in [0.25, 0.3) is 0 Å². The predicted molar refractivity (Wildman–Crippen MR) is 94.4 cm³/mol. The Morgan fingerprint density at radius 1 is 1.21 bits per heavy atom. The molecule has 0 bridgehead atoms. The van der Waals surface area contributed by atoms with E-state index in [4.69, 9.17) is 4.74 Å². The summed E-state index contributed by atoms with van der Waals surface area (Å²) in [5.41, 5.74) is 3.10. The van der Waals surface area contributed by atoms with E-state index >= 15 is 0 Å². The summed E-state index contributed by atoms with van der Waals surface area (Å²) in [6.07, 6.45) is 6.20. The molecular formula is C19H19N3O2. The molecular weight excluding hydrogens is 302 g/mol. The van der Waals surface area contributed by atoms with E-state index in [9.17, 15) is 4.79 Å². The van der Waals surface area contributed by atoms with Crippen molar-refractivity contribution in [3.8, 4) is 0 Å². The van der Waals surface area contributed by atoms with Crippen LogP contribution in [0, 0.1) is 0 Å². The molecule has 0 aliphatic heterocycles. The molecule has 1 heterocycles. The molecule has 2 aromatic carbocycles. The Bertz CT molecular complexity index is 825. The first kappa shape index (κ1) is 15.8. The molecule has 5 nitrogen and oxygen atoms in total. The molecule has 0 fully saturated rings. The Kier molecular flexibility index (Phi) is 5.24. The van der Waals surface area contributed by atoms with Gasteiger partial charge in [0.2, 0.25) is 0 Å². The summed E-state index contributed by atoms with van der Waals surface area (Å²) in [6, 6.07) is 15.7. The van der Waals surface area contributed by atoms with Gasteiger partial charge in [0.05, 0.1) is 11.7 Å². The molecule has 0 unspecified atom stereocenters. The van der Waals surface area contributed by atoms with Gasteiger partial charge < -0.3 is 10.1 Å². The van der Waals surface area contributed by atoms with Gasteiger partial charge in [0.1, 0.15) is 6.61 Å². The van der Waals surface area contributed by atoms with E-state index in [1.165, 1.54) is 0 Å². The van der Waals surface area contributed by atoms with Gasteiger partial charge in [-0.25, -0.2) is 4.79 Å². The lowest BCUT2D eigenvalue weighted by atomic mass is 10.1. The zero-order valence-electron chi connectivity index (χ0n) is 13.2. The van der Waals surface area contributed by atoms with Crippen molar-refractivity contribution in [2.75, 3.05) is 6.54 Å². The Labute approximate surface area is 140 Å². The number of carbonyl (C=O) groups is 1. The molecule has 5 heteroatoms. The van der Waals surface area contributed by atoms with Crippen LogP contribution in [0.4, 0.5) is 4.79 Å². The Hall–Kier alpha value is -3.08. The molecule has 122 valence electrons. The maximum absolute atomic E-state index is 11.6. The third kappa shape index (κ3) is 4.46. The fraction of sp³-hybridized carbons (Fsp3) is 0.158. The molecule has 24 heavy (non-hydrogen) atoms. The summed E-state index contributed by atoms with van der Waals surface area (Å²) >= 11 is 0. The second-order valence-corrected chi connectivity index (χ2v) is 5.40. The summed E-state index contributed by atoms with van der Waals surface area (Å²) in [5.74, 6) is 0. The molecule has 0 aliphatic rings. The summed E-state index contributed by atoms with van der Waals surface area (Å²) in [5, 5.41) is 10.7. The van der Waals surface area contributed by atoms with Gasteiger partial charge in [-0.1, -0.05) is 48.6 Å². The standard InChI is InChI=1S/C19H19N3O2/c23-19(24-14-16-7-2-1-3-8-16)20-11-5-4-6-15-9-10-18-17(12-15)13-21-22-18/h1-4,6-10,12-13H,5,11,14H2,(H,20,23)(H,21,22). The first-order chi connectivity index (χ1) is 11.8. The zero-order chi connectivity index (χ0) is 16.6. The molecule has 3 rings (SSSR count). The molecule has 0 atom stereocenters. The van der Waals surface area contributed by atoms with Crippen LogP contribution in [0.2, 0.25) is 0 Å². The van der Waals surface area contributed by atoms with Crippen LogP contribution < -0.4 is 5.32 Å². The fourth-order valence-electron chi connectivity index (χ4n) is 2.32. The summed E-state index contributed by atoms with van der Waals surface area (Å²) in [4.78, 5) is 11.6. The highest BCUT2D eigenvalue weighted by atomic mass is 16.5. The van der Waals surface area contributed by atoms with Gasteiger partial charge in [-0.3, -0.25) is 5.10 Å². The van der Waals surface area contributed by atoms with Crippen LogP contribution in [0.3, 0.4) is 0 Å². The van der Waals surface area contributed by atoms with Gasteiger partial charge in [0, 0.05) is 11.9 Å². The van der Waals surface area contributed by atoms with Crippen molar-refractivity contribution in [3.63, 3.8) is 0 Å². The molecule has 0 aliphatic carbocycles. The number of H-pyrrole nitrogens is 1. The Morgan fingerprint density at radius 2 is 2.08 bits per heavy atom.